The zero-order valence-corrected chi connectivity index (χ0v) is 29.4. The number of phosphoric acid groups is 1. The maximum absolute atomic E-state index is 15.8. The summed E-state index contributed by atoms with van der Waals surface area (Å²) in [5.41, 5.74) is -2.38. The number of ether oxygens (including phenoxy) is 3. The van der Waals surface area contributed by atoms with Gasteiger partial charge in [-0.05, 0) is 55.0 Å². The summed E-state index contributed by atoms with van der Waals surface area (Å²) in [6.45, 7) is 0.704. The first-order valence-electron chi connectivity index (χ1n) is 15.7. The molecule has 0 unspecified atom stereocenters. The van der Waals surface area contributed by atoms with Gasteiger partial charge in [0.05, 0.1) is 48.8 Å². The largest absolute Gasteiger partial charge is 0.469 e. The number of benzene rings is 3. The van der Waals surface area contributed by atoms with E-state index in [1.807, 2.05) is 6.07 Å². The van der Waals surface area contributed by atoms with Crippen molar-refractivity contribution in [1.82, 2.24) is 14.8 Å². The fourth-order valence-corrected chi connectivity index (χ4v) is 7.03. The Morgan fingerprint density at radius 3 is 2.49 bits per heavy atom. The van der Waals surface area contributed by atoms with Gasteiger partial charge in [0.1, 0.15) is 35.9 Å². The minimum atomic E-state index is -5.01. The van der Waals surface area contributed by atoms with Crippen LogP contribution in [0.15, 0.2) is 85.5 Å². The van der Waals surface area contributed by atoms with Crippen LogP contribution in [0.3, 0.4) is 0 Å². The van der Waals surface area contributed by atoms with Gasteiger partial charge < -0.3 is 24.0 Å². The molecule has 4 aromatic rings. The maximum Gasteiger partial charge on any atom is 0.469 e. The average molecular weight is 775 g/mol. The van der Waals surface area contributed by atoms with E-state index in [1.165, 1.54) is 47.3 Å². The molecule has 2 heterocycles. The Labute approximate surface area is 304 Å². The van der Waals surface area contributed by atoms with Crippen molar-refractivity contribution in [2.75, 3.05) is 13.2 Å². The minimum Gasteiger partial charge on any atom is -0.447 e. The predicted octanol–water partition coefficient (Wildman–Crippen LogP) is 6.20. The first-order valence-corrected chi connectivity index (χ1v) is 18.2. The van der Waals surface area contributed by atoms with Gasteiger partial charge in [-0.1, -0.05) is 30.4 Å². The quantitative estimate of drug-likeness (QED) is 0.0646. The number of allylic oxidation sites excluding steroid dienone is 2. The molecule has 0 spiro atoms. The summed E-state index contributed by atoms with van der Waals surface area (Å²) in [5, 5.41) is 11.7. The molecule has 278 valence electrons. The fraction of sp³-hybridized carbons (Fsp3) is 0.257. The summed E-state index contributed by atoms with van der Waals surface area (Å²) in [7, 11) is -5.01. The summed E-state index contributed by atoms with van der Waals surface area (Å²) in [5.74, 6) is -4.61. The van der Waals surface area contributed by atoms with Crippen molar-refractivity contribution in [2.45, 2.75) is 42.5 Å². The van der Waals surface area contributed by atoms with Crippen molar-refractivity contribution < 1.29 is 55.4 Å². The van der Waals surface area contributed by atoms with E-state index < -0.39 is 71.6 Å². The Kier molecular flexibility index (Phi) is 13.0. The van der Waals surface area contributed by atoms with Crippen molar-refractivity contribution in [3.63, 3.8) is 0 Å². The highest BCUT2D eigenvalue weighted by molar-refractivity contribution is 8.00. The third kappa shape index (κ3) is 10.5. The van der Waals surface area contributed by atoms with E-state index in [-0.39, 0.29) is 42.0 Å². The molecular weight excluding hydrogens is 743 g/mol. The molecule has 1 aromatic heterocycles. The Morgan fingerprint density at radius 1 is 1.09 bits per heavy atom. The number of hydrogen-bond donors (Lipinski definition) is 2. The lowest BCUT2D eigenvalue weighted by molar-refractivity contribution is -0.146. The lowest BCUT2D eigenvalue weighted by atomic mass is 9.89. The molecule has 0 amide bonds. The van der Waals surface area contributed by atoms with Crippen LogP contribution in [0.5, 0.6) is 0 Å². The third-order valence-electron chi connectivity index (χ3n) is 7.94. The SMILES string of the molecule is C[C@@H](SC1COC(C=CC=Cc2ccc(C#N)cc2F)OC1)[C@@](Cn1cncn1)(OC(=O)c1cc(F)ccc1COP(=O)(O)O)c1ccc(F)cc1F. The van der Waals surface area contributed by atoms with Crippen LogP contribution >= 0.6 is 19.6 Å². The Morgan fingerprint density at radius 2 is 1.83 bits per heavy atom. The number of esters is 1. The summed E-state index contributed by atoms with van der Waals surface area (Å²) >= 11 is 1.19. The normalized spacial score (nSPS) is 18.2. The molecule has 3 aromatic carbocycles. The number of carbonyl (C=O) groups is 1. The number of phosphoric ester groups is 1. The summed E-state index contributed by atoms with van der Waals surface area (Å²) < 4.78 is 93.6. The zero-order valence-electron chi connectivity index (χ0n) is 27.7. The van der Waals surface area contributed by atoms with Gasteiger partial charge in [-0.25, -0.2) is 36.6 Å². The maximum atomic E-state index is 15.8. The highest BCUT2D eigenvalue weighted by Crippen LogP contribution is 2.43. The van der Waals surface area contributed by atoms with Crippen LogP contribution in [0.1, 0.15) is 39.5 Å². The van der Waals surface area contributed by atoms with E-state index in [9.17, 15) is 32.3 Å². The van der Waals surface area contributed by atoms with Gasteiger partial charge in [0, 0.05) is 22.4 Å². The van der Waals surface area contributed by atoms with Crippen molar-refractivity contribution in [2.24, 2.45) is 0 Å². The molecule has 1 aliphatic rings. The number of nitrogens with zero attached hydrogens (tertiary/aromatic N) is 4. The van der Waals surface area contributed by atoms with Gasteiger partial charge in [-0.3, -0.25) is 4.52 Å². The standard InChI is InChI=1S/C35H31F4N4O8PS/c1-22(53-28-17-48-33(49-18-28)5-3-2-4-24-7-6-23(15-40)12-31(24)38)35(19-43-21-41-20-42-43,30-11-10-27(37)14-32(30)39)51-34(44)29-13-26(36)9-8-25(29)16-50-52(45,46)47/h2-14,20-22,28,33H,16-19H2,1H3,(H2,45,46,47)/t22-,28?,33?,35-/m1/s1. The van der Waals surface area contributed by atoms with Crippen molar-refractivity contribution in [3.05, 3.63) is 137 Å². The number of rotatable bonds is 14. The van der Waals surface area contributed by atoms with Crippen LogP contribution in [-0.2, 0) is 42.1 Å². The van der Waals surface area contributed by atoms with Crippen LogP contribution < -0.4 is 0 Å². The van der Waals surface area contributed by atoms with Gasteiger partial charge in [0.2, 0.25) is 0 Å². The average Bonchev–Trinajstić information content (AvgIpc) is 3.63. The topological polar surface area (TPSA) is 166 Å². The first-order chi connectivity index (χ1) is 25.3. The highest BCUT2D eigenvalue weighted by atomic mass is 32.2. The lowest BCUT2D eigenvalue weighted by Gasteiger charge is -2.40. The molecule has 1 saturated heterocycles. The monoisotopic (exact) mass is 774 g/mol. The molecular formula is C35H31F4N4O8PS. The molecule has 0 bridgehead atoms. The number of nitriles is 1. The third-order valence-corrected chi connectivity index (χ3v) is 9.85. The molecule has 18 heteroatoms. The van der Waals surface area contributed by atoms with Crippen molar-refractivity contribution in [3.8, 4) is 6.07 Å². The van der Waals surface area contributed by atoms with Crippen LogP contribution in [-0.4, -0.2) is 60.5 Å². The Balaban J connectivity index is 1.39. The smallest absolute Gasteiger partial charge is 0.447 e. The number of hydrogen-bond acceptors (Lipinski definition) is 10. The van der Waals surface area contributed by atoms with Crippen LogP contribution in [0, 0.1) is 34.6 Å². The molecule has 1 aliphatic heterocycles. The lowest BCUT2D eigenvalue weighted by Crippen LogP contribution is -2.47. The van der Waals surface area contributed by atoms with E-state index in [0.717, 1.165) is 36.4 Å². The predicted molar refractivity (Wildman–Crippen MR) is 183 cm³/mol. The number of aromatic nitrogens is 3. The second-order valence-electron chi connectivity index (χ2n) is 11.6. The van der Waals surface area contributed by atoms with Crippen molar-refractivity contribution >= 4 is 31.6 Å². The molecule has 2 atom stereocenters. The van der Waals surface area contributed by atoms with Crippen LogP contribution in [0.4, 0.5) is 17.6 Å². The van der Waals surface area contributed by atoms with Gasteiger partial charge in [-0.15, -0.1) is 11.8 Å². The van der Waals surface area contributed by atoms with Gasteiger partial charge in [-0.2, -0.15) is 10.4 Å². The molecule has 53 heavy (non-hydrogen) atoms. The number of thioether (sulfide) groups is 1. The molecule has 0 aliphatic carbocycles. The van der Waals surface area contributed by atoms with E-state index in [4.69, 9.17) is 19.5 Å². The number of halogens is 4. The van der Waals surface area contributed by atoms with Crippen LogP contribution in [0.25, 0.3) is 6.08 Å². The Bertz CT molecular complexity index is 2070. The molecule has 5 rings (SSSR count). The molecule has 0 radical (unpaired) electrons. The zero-order chi connectivity index (χ0) is 38.2. The fourth-order valence-electron chi connectivity index (χ4n) is 5.36. The Hall–Kier alpha value is -4.66. The van der Waals surface area contributed by atoms with E-state index in [1.54, 1.807) is 25.2 Å². The molecule has 1 fully saturated rings. The van der Waals surface area contributed by atoms with Crippen molar-refractivity contribution in [1.29, 1.82) is 5.26 Å². The summed E-state index contributed by atoms with van der Waals surface area (Å²) in [4.78, 5) is 36.3. The van der Waals surface area contributed by atoms with E-state index >= 15 is 4.39 Å². The number of carbonyl (C=O) groups excluding carboxylic acids is 1. The van der Waals surface area contributed by atoms with Gasteiger partial charge in [0.25, 0.3) is 0 Å². The highest BCUT2D eigenvalue weighted by Gasteiger charge is 2.47. The van der Waals surface area contributed by atoms with E-state index in [0.29, 0.717) is 6.07 Å². The summed E-state index contributed by atoms with van der Waals surface area (Å²) in [6.07, 6.45) is 8.00. The summed E-state index contributed by atoms with van der Waals surface area (Å²) in [6, 6.07) is 11.5. The second-order valence-corrected chi connectivity index (χ2v) is 14.5. The molecule has 0 saturated carbocycles. The molecule has 12 nitrogen and oxygen atoms in total. The first kappa shape index (κ1) is 39.5. The van der Waals surface area contributed by atoms with Gasteiger partial charge >= 0.3 is 13.8 Å². The minimum absolute atomic E-state index is 0.116. The van der Waals surface area contributed by atoms with Gasteiger partial charge in [0.15, 0.2) is 11.9 Å². The van der Waals surface area contributed by atoms with E-state index in [2.05, 4.69) is 14.6 Å². The molecule has 2 N–H and O–H groups in total. The second kappa shape index (κ2) is 17.4. The van der Waals surface area contributed by atoms with Crippen LogP contribution in [0.2, 0.25) is 0 Å².